The smallest absolute Gasteiger partial charge is 0.326 e. The van der Waals surface area contributed by atoms with Gasteiger partial charge in [-0.1, -0.05) is 13.8 Å². The van der Waals surface area contributed by atoms with Crippen molar-refractivity contribution >= 4 is 17.8 Å². The molecule has 0 fully saturated rings. The Bertz CT molecular complexity index is 651. The average Bonchev–Trinajstić information content (AvgIpc) is 2.46. The molecule has 23 heavy (non-hydrogen) atoms. The van der Waals surface area contributed by atoms with Crippen LogP contribution in [0.2, 0.25) is 0 Å². The molecule has 126 valence electrons. The van der Waals surface area contributed by atoms with Crippen molar-refractivity contribution in [3.63, 3.8) is 0 Å². The number of aryl methyl sites for hydroxylation is 1. The van der Waals surface area contributed by atoms with Crippen molar-refractivity contribution in [2.24, 2.45) is 13.0 Å². The number of carboxylic acid groups (broad SMARTS) is 1. The molecule has 0 aliphatic carbocycles. The minimum absolute atomic E-state index is 0.0836. The number of carboxylic acids is 1. The molecule has 8 nitrogen and oxygen atoms in total. The van der Waals surface area contributed by atoms with E-state index >= 15 is 0 Å². The molecule has 1 heterocycles. The Hall–Kier alpha value is -2.64. The number of carbonyl (C=O) groups is 3. The first kappa shape index (κ1) is 18.4. The summed E-state index contributed by atoms with van der Waals surface area (Å²) in [5.74, 6) is -2.34. The van der Waals surface area contributed by atoms with Gasteiger partial charge in [0, 0.05) is 13.2 Å². The highest BCUT2D eigenvalue weighted by Gasteiger charge is 2.21. The summed E-state index contributed by atoms with van der Waals surface area (Å²) in [7, 11) is 1.51. The SMILES string of the molecule is CC(C)C[C@H](NC(=O)CNC(=O)c1cccn(C)c1=O)C(=O)O. The van der Waals surface area contributed by atoms with Crippen LogP contribution < -0.4 is 16.2 Å². The molecule has 0 unspecified atom stereocenters. The summed E-state index contributed by atoms with van der Waals surface area (Å²) in [6.45, 7) is 3.28. The Morgan fingerprint density at radius 1 is 1.30 bits per heavy atom. The third-order valence-corrected chi connectivity index (χ3v) is 3.12. The van der Waals surface area contributed by atoms with E-state index in [0.717, 1.165) is 0 Å². The predicted octanol–water partition coefficient (Wildman–Crippen LogP) is -0.269. The van der Waals surface area contributed by atoms with Crippen molar-refractivity contribution in [3.05, 3.63) is 34.2 Å². The first-order chi connectivity index (χ1) is 10.7. The fourth-order valence-corrected chi connectivity index (χ4v) is 1.96. The van der Waals surface area contributed by atoms with Gasteiger partial charge in [-0.05, 0) is 24.5 Å². The Labute approximate surface area is 133 Å². The van der Waals surface area contributed by atoms with E-state index in [9.17, 15) is 19.2 Å². The third-order valence-electron chi connectivity index (χ3n) is 3.12. The monoisotopic (exact) mass is 323 g/mol. The van der Waals surface area contributed by atoms with E-state index in [1.54, 1.807) is 6.07 Å². The number of amides is 2. The second-order valence-corrected chi connectivity index (χ2v) is 5.61. The van der Waals surface area contributed by atoms with Crippen LogP contribution in [0.4, 0.5) is 0 Å². The normalized spacial score (nSPS) is 11.8. The Morgan fingerprint density at radius 2 is 1.96 bits per heavy atom. The summed E-state index contributed by atoms with van der Waals surface area (Å²) in [6, 6.07) is 1.89. The molecule has 1 rings (SSSR count). The minimum atomic E-state index is -1.13. The molecule has 8 heteroatoms. The fourth-order valence-electron chi connectivity index (χ4n) is 1.96. The number of carbonyl (C=O) groups excluding carboxylic acids is 2. The lowest BCUT2D eigenvalue weighted by atomic mass is 10.0. The zero-order chi connectivity index (χ0) is 17.6. The molecular weight excluding hydrogens is 302 g/mol. The molecule has 0 saturated carbocycles. The molecule has 0 spiro atoms. The largest absolute Gasteiger partial charge is 0.480 e. The maximum absolute atomic E-state index is 11.9. The molecule has 0 aromatic carbocycles. The highest BCUT2D eigenvalue weighted by Crippen LogP contribution is 2.04. The average molecular weight is 323 g/mol. The Kier molecular flexibility index (Phi) is 6.49. The lowest BCUT2D eigenvalue weighted by Crippen LogP contribution is -2.46. The van der Waals surface area contributed by atoms with Gasteiger partial charge >= 0.3 is 5.97 Å². The molecule has 0 aliphatic rings. The maximum Gasteiger partial charge on any atom is 0.326 e. The van der Waals surface area contributed by atoms with Crippen molar-refractivity contribution in [3.8, 4) is 0 Å². The van der Waals surface area contributed by atoms with Crippen molar-refractivity contribution in [2.75, 3.05) is 6.54 Å². The number of hydrogen-bond acceptors (Lipinski definition) is 4. The van der Waals surface area contributed by atoms with Crippen LogP contribution in [-0.4, -0.2) is 40.0 Å². The molecule has 0 aliphatic heterocycles. The summed E-state index contributed by atoms with van der Waals surface area (Å²) in [5.41, 5.74) is -0.562. The second kappa shape index (κ2) is 8.11. The summed E-state index contributed by atoms with van der Waals surface area (Å²) >= 11 is 0. The quantitative estimate of drug-likeness (QED) is 0.638. The van der Waals surface area contributed by atoms with Gasteiger partial charge < -0.3 is 20.3 Å². The van der Waals surface area contributed by atoms with Gasteiger partial charge in [0.25, 0.3) is 11.5 Å². The molecule has 1 atom stereocenters. The number of aliphatic carboxylic acids is 1. The van der Waals surface area contributed by atoms with Crippen LogP contribution in [0.3, 0.4) is 0 Å². The van der Waals surface area contributed by atoms with E-state index in [1.165, 1.54) is 23.9 Å². The van der Waals surface area contributed by atoms with E-state index in [1.807, 2.05) is 13.8 Å². The zero-order valence-electron chi connectivity index (χ0n) is 13.3. The van der Waals surface area contributed by atoms with Gasteiger partial charge in [-0.15, -0.1) is 0 Å². The van der Waals surface area contributed by atoms with Crippen molar-refractivity contribution in [1.29, 1.82) is 0 Å². The van der Waals surface area contributed by atoms with Crippen LogP contribution in [0, 0.1) is 5.92 Å². The molecule has 2 amide bonds. The van der Waals surface area contributed by atoms with E-state index in [0.29, 0.717) is 0 Å². The molecule has 1 aromatic rings. The summed E-state index contributed by atoms with van der Waals surface area (Å²) in [4.78, 5) is 46.5. The topological polar surface area (TPSA) is 118 Å². The van der Waals surface area contributed by atoms with E-state index in [2.05, 4.69) is 10.6 Å². The highest BCUT2D eigenvalue weighted by molar-refractivity contribution is 5.96. The van der Waals surface area contributed by atoms with Crippen molar-refractivity contribution < 1.29 is 19.5 Å². The Balaban J connectivity index is 2.61. The van der Waals surface area contributed by atoms with Gasteiger partial charge in [0.2, 0.25) is 5.91 Å². The van der Waals surface area contributed by atoms with Crippen LogP contribution in [0.25, 0.3) is 0 Å². The number of aromatic nitrogens is 1. The molecule has 3 N–H and O–H groups in total. The van der Waals surface area contributed by atoms with Crippen molar-refractivity contribution in [2.45, 2.75) is 26.3 Å². The van der Waals surface area contributed by atoms with Gasteiger partial charge in [-0.3, -0.25) is 14.4 Å². The molecular formula is C15H21N3O5. The first-order valence-electron chi connectivity index (χ1n) is 7.18. The van der Waals surface area contributed by atoms with Gasteiger partial charge in [0.15, 0.2) is 0 Å². The summed E-state index contributed by atoms with van der Waals surface area (Å²) < 4.78 is 1.25. The lowest BCUT2D eigenvalue weighted by Gasteiger charge is -2.16. The van der Waals surface area contributed by atoms with Crippen LogP contribution in [0.15, 0.2) is 23.1 Å². The van der Waals surface area contributed by atoms with E-state index < -0.39 is 35.9 Å². The van der Waals surface area contributed by atoms with E-state index in [-0.39, 0.29) is 17.9 Å². The van der Waals surface area contributed by atoms with Crippen molar-refractivity contribution in [1.82, 2.24) is 15.2 Å². The molecule has 0 radical (unpaired) electrons. The second-order valence-electron chi connectivity index (χ2n) is 5.61. The number of rotatable bonds is 7. The fraction of sp³-hybridized carbons (Fsp3) is 0.467. The van der Waals surface area contributed by atoms with Crippen LogP contribution >= 0.6 is 0 Å². The van der Waals surface area contributed by atoms with Crippen LogP contribution in [0.1, 0.15) is 30.6 Å². The zero-order valence-corrected chi connectivity index (χ0v) is 13.3. The molecule has 1 aromatic heterocycles. The highest BCUT2D eigenvalue weighted by atomic mass is 16.4. The number of nitrogens with one attached hydrogen (secondary N) is 2. The Morgan fingerprint density at radius 3 is 2.52 bits per heavy atom. The van der Waals surface area contributed by atoms with Gasteiger partial charge in [0.05, 0.1) is 6.54 Å². The number of hydrogen-bond donors (Lipinski definition) is 3. The number of pyridine rings is 1. The minimum Gasteiger partial charge on any atom is -0.480 e. The van der Waals surface area contributed by atoms with Gasteiger partial charge in [0.1, 0.15) is 11.6 Å². The summed E-state index contributed by atoms with van der Waals surface area (Å²) in [5, 5.41) is 13.7. The standard InChI is InChI=1S/C15H21N3O5/c1-9(2)7-11(15(22)23)17-12(19)8-16-13(20)10-5-4-6-18(3)14(10)21/h4-6,9,11H,7-8H2,1-3H3,(H,16,20)(H,17,19)(H,22,23)/t11-/m0/s1. The maximum atomic E-state index is 11.9. The molecule has 0 saturated heterocycles. The van der Waals surface area contributed by atoms with Gasteiger partial charge in [-0.25, -0.2) is 4.79 Å². The van der Waals surface area contributed by atoms with Crippen LogP contribution in [0.5, 0.6) is 0 Å². The van der Waals surface area contributed by atoms with Gasteiger partial charge in [-0.2, -0.15) is 0 Å². The predicted molar refractivity (Wildman–Crippen MR) is 83.0 cm³/mol. The molecule has 0 bridgehead atoms. The summed E-state index contributed by atoms with van der Waals surface area (Å²) in [6.07, 6.45) is 1.80. The van der Waals surface area contributed by atoms with E-state index in [4.69, 9.17) is 5.11 Å². The van der Waals surface area contributed by atoms with Crippen LogP contribution in [-0.2, 0) is 16.6 Å². The lowest BCUT2D eigenvalue weighted by molar-refractivity contribution is -0.142. The first-order valence-corrected chi connectivity index (χ1v) is 7.18. The number of nitrogens with zero attached hydrogens (tertiary/aromatic N) is 1. The third kappa shape index (κ3) is 5.57.